The molecule has 2 rings (SSSR count). The van der Waals surface area contributed by atoms with E-state index in [2.05, 4.69) is 32.7 Å². The number of hydrogen-bond donors (Lipinski definition) is 1. The van der Waals surface area contributed by atoms with E-state index in [0.29, 0.717) is 0 Å². The van der Waals surface area contributed by atoms with Crippen LogP contribution in [0.5, 0.6) is 0 Å². The van der Waals surface area contributed by atoms with E-state index >= 15 is 0 Å². The monoisotopic (exact) mass is 312 g/mol. The molecule has 0 radical (unpaired) electrons. The second-order valence-corrected chi connectivity index (χ2v) is 5.44. The summed E-state index contributed by atoms with van der Waals surface area (Å²) >= 11 is 3.36. The summed E-state index contributed by atoms with van der Waals surface area (Å²) in [7, 11) is 0. The van der Waals surface area contributed by atoms with E-state index in [1.807, 2.05) is 12.1 Å². The van der Waals surface area contributed by atoms with Crippen LogP contribution in [0.3, 0.4) is 0 Å². The molecule has 1 aliphatic rings. The molecule has 1 saturated heterocycles. The lowest BCUT2D eigenvalue weighted by atomic mass is 10.0. The van der Waals surface area contributed by atoms with Crippen LogP contribution in [-0.2, 0) is 0 Å². The molecule has 1 N–H and O–H groups in total. The van der Waals surface area contributed by atoms with Gasteiger partial charge in [0.15, 0.2) is 0 Å². The normalized spacial score (nSPS) is 18.6. The van der Waals surface area contributed by atoms with Crippen LogP contribution in [0.15, 0.2) is 35.3 Å². The van der Waals surface area contributed by atoms with Gasteiger partial charge in [0, 0.05) is 36.7 Å². The largest absolute Gasteiger partial charge is 0.314 e. The van der Waals surface area contributed by atoms with E-state index in [0.717, 1.165) is 42.6 Å². The minimum Gasteiger partial charge on any atom is -0.314 e. The minimum atomic E-state index is -0.191. The Labute approximate surface area is 116 Å². The van der Waals surface area contributed by atoms with Crippen LogP contribution in [0.4, 0.5) is 4.39 Å². The topological polar surface area (TPSA) is 15.3 Å². The van der Waals surface area contributed by atoms with E-state index < -0.39 is 0 Å². The molecule has 1 aliphatic heterocycles. The maximum absolute atomic E-state index is 13.5. The third-order valence-corrected chi connectivity index (χ3v) is 3.71. The van der Waals surface area contributed by atoms with E-state index in [-0.39, 0.29) is 11.9 Å². The molecule has 18 heavy (non-hydrogen) atoms. The zero-order chi connectivity index (χ0) is 13.0. The first-order chi connectivity index (χ1) is 8.70. The summed E-state index contributed by atoms with van der Waals surface area (Å²) in [6.07, 6.45) is 2.75. The number of nitrogens with zero attached hydrogens (tertiary/aromatic N) is 1. The zero-order valence-corrected chi connectivity index (χ0v) is 11.9. The van der Waals surface area contributed by atoms with Crippen LogP contribution in [0.25, 0.3) is 0 Å². The third-order valence-electron chi connectivity index (χ3n) is 3.25. The molecule has 1 atom stereocenters. The SMILES string of the molecule is C=CC[C@H](c1cc(F)cc(Br)c1)N1CCNCC1. The number of rotatable bonds is 4. The molecule has 1 heterocycles. The van der Waals surface area contributed by atoms with Crippen LogP contribution < -0.4 is 5.32 Å². The van der Waals surface area contributed by atoms with Crippen molar-refractivity contribution in [2.45, 2.75) is 12.5 Å². The fourth-order valence-electron chi connectivity index (χ4n) is 2.42. The number of piperazine rings is 1. The Morgan fingerprint density at radius 1 is 1.39 bits per heavy atom. The Bertz CT molecular complexity index is 396. The lowest BCUT2D eigenvalue weighted by Gasteiger charge is -2.34. The Morgan fingerprint density at radius 2 is 2.11 bits per heavy atom. The molecule has 0 spiro atoms. The highest BCUT2D eigenvalue weighted by Gasteiger charge is 2.21. The van der Waals surface area contributed by atoms with Gasteiger partial charge in [0.2, 0.25) is 0 Å². The summed E-state index contributed by atoms with van der Waals surface area (Å²) in [6.45, 7) is 7.78. The number of hydrogen-bond acceptors (Lipinski definition) is 2. The molecule has 1 aromatic carbocycles. The van der Waals surface area contributed by atoms with Gasteiger partial charge in [0.05, 0.1) is 0 Å². The highest BCUT2D eigenvalue weighted by atomic mass is 79.9. The van der Waals surface area contributed by atoms with Crippen LogP contribution in [0.2, 0.25) is 0 Å². The van der Waals surface area contributed by atoms with Crippen LogP contribution in [0, 0.1) is 5.82 Å². The summed E-state index contributed by atoms with van der Waals surface area (Å²) in [5.74, 6) is -0.191. The first-order valence-electron chi connectivity index (χ1n) is 6.22. The molecule has 98 valence electrons. The molecule has 0 aromatic heterocycles. The van der Waals surface area contributed by atoms with Crippen molar-refractivity contribution < 1.29 is 4.39 Å². The van der Waals surface area contributed by atoms with Crippen LogP contribution in [-0.4, -0.2) is 31.1 Å². The molecular weight excluding hydrogens is 295 g/mol. The van der Waals surface area contributed by atoms with E-state index in [4.69, 9.17) is 0 Å². The maximum atomic E-state index is 13.5. The van der Waals surface area contributed by atoms with Gasteiger partial charge in [0.25, 0.3) is 0 Å². The Kier molecular flexibility index (Phi) is 4.92. The minimum absolute atomic E-state index is 0.191. The summed E-state index contributed by atoms with van der Waals surface area (Å²) in [5, 5.41) is 3.34. The van der Waals surface area contributed by atoms with Gasteiger partial charge < -0.3 is 5.32 Å². The molecule has 0 unspecified atom stereocenters. The van der Waals surface area contributed by atoms with Crippen molar-refractivity contribution in [3.05, 3.63) is 46.7 Å². The number of halogens is 2. The van der Waals surface area contributed by atoms with Crippen LogP contribution in [0.1, 0.15) is 18.0 Å². The van der Waals surface area contributed by atoms with E-state index in [9.17, 15) is 4.39 Å². The number of nitrogens with one attached hydrogen (secondary N) is 1. The van der Waals surface area contributed by atoms with Crippen molar-refractivity contribution >= 4 is 15.9 Å². The van der Waals surface area contributed by atoms with Crippen molar-refractivity contribution in [1.29, 1.82) is 0 Å². The zero-order valence-electron chi connectivity index (χ0n) is 10.3. The quantitative estimate of drug-likeness (QED) is 0.859. The fourth-order valence-corrected chi connectivity index (χ4v) is 2.90. The maximum Gasteiger partial charge on any atom is 0.124 e. The number of benzene rings is 1. The van der Waals surface area contributed by atoms with Gasteiger partial charge in [-0.1, -0.05) is 22.0 Å². The Hall–Kier alpha value is -0.710. The molecule has 0 bridgehead atoms. The van der Waals surface area contributed by atoms with E-state index in [1.54, 1.807) is 6.07 Å². The molecule has 1 fully saturated rings. The van der Waals surface area contributed by atoms with Gasteiger partial charge in [-0.25, -0.2) is 4.39 Å². The van der Waals surface area contributed by atoms with Crippen LogP contribution >= 0.6 is 15.9 Å². The molecule has 2 nitrogen and oxygen atoms in total. The molecule has 4 heteroatoms. The summed E-state index contributed by atoms with van der Waals surface area (Å²) in [5.41, 5.74) is 1.02. The standard InChI is InChI=1S/C14H18BrFN2/c1-2-3-14(18-6-4-17-5-7-18)11-8-12(15)10-13(16)9-11/h2,8-10,14,17H,1,3-7H2/t14-/m1/s1. The highest BCUT2D eigenvalue weighted by molar-refractivity contribution is 9.10. The van der Waals surface area contributed by atoms with Crippen molar-refractivity contribution in [1.82, 2.24) is 10.2 Å². The smallest absolute Gasteiger partial charge is 0.124 e. The fraction of sp³-hybridized carbons (Fsp3) is 0.429. The molecule has 0 aliphatic carbocycles. The predicted molar refractivity (Wildman–Crippen MR) is 76.1 cm³/mol. The third kappa shape index (κ3) is 3.40. The van der Waals surface area contributed by atoms with Gasteiger partial charge in [-0.15, -0.1) is 6.58 Å². The molecule has 0 saturated carbocycles. The summed E-state index contributed by atoms with van der Waals surface area (Å²) < 4.78 is 14.3. The van der Waals surface area contributed by atoms with E-state index in [1.165, 1.54) is 6.07 Å². The van der Waals surface area contributed by atoms with Crippen molar-refractivity contribution in [3.8, 4) is 0 Å². The van der Waals surface area contributed by atoms with Crippen molar-refractivity contribution in [2.24, 2.45) is 0 Å². The lowest BCUT2D eigenvalue weighted by molar-refractivity contribution is 0.174. The van der Waals surface area contributed by atoms with Gasteiger partial charge in [-0.2, -0.15) is 0 Å². The second-order valence-electron chi connectivity index (χ2n) is 4.53. The average Bonchev–Trinajstić information content (AvgIpc) is 2.36. The van der Waals surface area contributed by atoms with Gasteiger partial charge in [-0.05, 0) is 30.2 Å². The van der Waals surface area contributed by atoms with Gasteiger partial charge in [-0.3, -0.25) is 4.90 Å². The Morgan fingerprint density at radius 3 is 2.72 bits per heavy atom. The first kappa shape index (κ1) is 13.7. The second kappa shape index (κ2) is 6.45. The van der Waals surface area contributed by atoms with Gasteiger partial charge >= 0.3 is 0 Å². The summed E-state index contributed by atoms with van der Waals surface area (Å²) in [4.78, 5) is 2.39. The Balaban J connectivity index is 2.24. The molecule has 1 aromatic rings. The predicted octanol–water partition coefficient (Wildman–Crippen LogP) is 3.11. The van der Waals surface area contributed by atoms with Crippen molar-refractivity contribution in [3.63, 3.8) is 0 Å². The average molecular weight is 313 g/mol. The molecular formula is C14H18BrFN2. The van der Waals surface area contributed by atoms with Gasteiger partial charge in [0.1, 0.15) is 5.82 Å². The lowest BCUT2D eigenvalue weighted by Crippen LogP contribution is -2.45. The highest BCUT2D eigenvalue weighted by Crippen LogP contribution is 2.28. The first-order valence-corrected chi connectivity index (χ1v) is 7.01. The summed E-state index contributed by atoms with van der Waals surface area (Å²) in [6, 6.07) is 5.34. The molecule has 0 amide bonds. The van der Waals surface area contributed by atoms with Crippen molar-refractivity contribution in [2.75, 3.05) is 26.2 Å².